The Kier molecular flexibility index (Phi) is 6.93. The number of hydrogen-bond donors (Lipinski definition) is 3. The van der Waals surface area contributed by atoms with Crippen LogP contribution >= 0.6 is 12.2 Å². The Morgan fingerprint density at radius 2 is 1.79 bits per heavy atom. The third-order valence-electron chi connectivity index (χ3n) is 6.71. The molecule has 0 bridgehead atoms. The number of rotatable bonds is 7. The number of benzene rings is 2. The van der Waals surface area contributed by atoms with E-state index in [1.807, 2.05) is 77.9 Å². The minimum Gasteiger partial charge on any atom is -0.478 e. The minimum absolute atomic E-state index is 0.0485. The zero-order valence-electron chi connectivity index (χ0n) is 21.0. The van der Waals surface area contributed by atoms with Crippen LogP contribution in [0.3, 0.4) is 0 Å². The third-order valence-corrected chi connectivity index (χ3v) is 7.06. The highest BCUT2D eigenvalue weighted by Gasteiger charge is 2.42. The standard InChI is InChI=1S/C29H27N5O3S/c1-18-15-23(19(2)34(18)22-12-8-9-20(16-22)28(36)37)27-26(24-13-6-7-14-30-24)32-29(38)33(27)17-25(35)31-21-10-4-3-5-11-21/h3-16,26-27H,17H2,1-2H3,(H,31,35)(H,32,38)(H,36,37)/t26-,27+/m1/s1. The van der Waals surface area contributed by atoms with Gasteiger partial charge in [0.2, 0.25) is 5.91 Å². The van der Waals surface area contributed by atoms with Gasteiger partial charge in [-0.15, -0.1) is 0 Å². The van der Waals surface area contributed by atoms with Crippen molar-refractivity contribution >= 4 is 34.9 Å². The summed E-state index contributed by atoms with van der Waals surface area (Å²) in [4.78, 5) is 31.2. The van der Waals surface area contributed by atoms with Gasteiger partial charge in [0, 0.05) is 29.0 Å². The molecule has 1 aliphatic heterocycles. The van der Waals surface area contributed by atoms with Crippen LogP contribution in [-0.4, -0.2) is 43.1 Å². The molecule has 1 saturated heterocycles. The highest BCUT2D eigenvalue weighted by molar-refractivity contribution is 7.80. The molecule has 0 saturated carbocycles. The molecule has 0 aliphatic carbocycles. The molecule has 2 atom stereocenters. The molecule has 4 aromatic rings. The van der Waals surface area contributed by atoms with E-state index < -0.39 is 5.97 Å². The fourth-order valence-corrected chi connectivity index (χ4v) is 5.36. The van der Waals surface area contributed by atoms with Gasteiger partial charge in [-0.1, -0.05) is 30.3 Å². The molecule has 8 nitrogen and oxygen atoms in total. The van der Waals surface area contributed by atoms with Gasteiger partial charge >= 0.3 is 5.97 Å². The Hall–Kier alpha value is -4.50. The fraction of sp³-hybridized carbons (Fsp3) is 0.172. The zero-order chi connectivity index (χ0) is 26.8. The Bertz CT molecular complexity index is 1500. The second-order valence-corrected chi connectivity index (χ2v) is 9.57. The maximum atomic E-state index is 13.1. The number of nitrogens with one attached hydrogen (secondary N) is 2. The summed E-state index contributed by atoms with van der Waals surface area (Å²) in [7, 11) is 0. The van der Waals surface area contributed by atoms with Crippen LogP contribution < -0.4 is 10.6 Å². The number of carbonyl (C=O) groups is 2. The first-order chi connectivity index (χ1) is 18.3. The summed E-state index contributed by atoms with van der Waals surface area (Å²) >= 11 is 5.73. The van der Waals surface area contributed by atoms with Gasteiger partial charge in [-0.25, -0.2) is 4.79 Å². The minimum atomic E-state index is -0.981. The highest BCUT2D eigenvalue weighted by atomic mass is 32.1. The molecule has 38 heavy (non-hydrogen) atoms. The number of carbonyl (C=O) groups excluding carboxylic acids is 1. The summed E-state index contributed by atoms with van der Waals surface area (Å²) in [6.45, 7) is 4.02. The molecule has 0 radical (unpaired) electrons. The van der Waals surface area contributed by atoms with Crippen molar-refractivity contribution in [1.82, 2.24) is 19.8 Å². The fourth-order valence-electron chi connectivity index (χ4n) is 5.05. The van der Waals surface area contributed by atoms with E-state index >= 15 is 0 Å². The van der Waals surface area contributed by atoms with E-state index in [1.54, 1.807) is 24.4 Å². The van der Waals surface area contributed by atoms with Gasteiger partial charge in [0.1, 0.15) is 6.54 Å². The smallest absolute Gasteiger partial charge is 0.335 e. The van der Waals surface area contributed by atoms with Gasteiger partial charge in [0.15, 0.2) is 5.11 Å². The number of pyridine rings is 1. The van der Waals surface area contributed by atoms with Crippen LogP contribution in [-0.2, 0) is 4.79 Å². The van der Waals surface area contributed by atoms with Crippen molar-refractivity contribution in [3.63, 3.8) is 0 Å². The quantitative estimate of drug-likeness (QED) is 0.298. The average Bonchev–Trinajstić information content (AvgIpc) is 3.39. The number of aromatic carboxylic acids is 1. The number of carboxylic acid groups (broad SMARTS) is 1. The molecule has 0 spiro atoms. The molecule has 2 aromatic carbocycles. The molecule has 1 aliphatic rings. The summed E-state index contributed by atoms with van der Waals surface area (Å²) in [6, 6.07) is 23.4. The van der Waals surface area contributed by atoms with Crippen molar-refractivity contribution < 1.29 is 14.7 Å². The van der Waals surface area contributed by atoms with Crippen molar-refractivity contribution in [3.8, 4) is 5.69 Å². The number of aromatic nitrogens is 2. The van der Waals surface area contributed by atoms with Crippen LogP contribution in [0.15, 0.2) is 85.1 Å². The lowest BCUT2D eigenvalue weighted by atomic mass is 9.96. The molecule has 0 unspecified atom stereocenters. The molecule has 1 amide bonds. The van der Waals surface area contributed by atoms with E-state index in [4.69, 9.17) is 12.2 Å². The highest BCUT2D eigenvalue weighted by Crippen LogP contribution is 2.41. The zero-order valence-corrected chi connectivity index (χ0v) is 21.8. The number of hydrogen-bond acceptors (Lipinski definition) is 4. The Balaban J connectivity index is 1.55. The molecular formula is C29H27N5O3S. The molecule has 3 heterocycles. The lowest BCUT2D eigenvalue weighted by molar-refractivity contribution is -0.116. The van der Waals surface area contributed by atoms with Gasteiger partial charge in [-0.3, -0.25) is 9.78 Å². The molecule has 192 valence electrons. The Morgan fingerprint density at radius 3 is 2.50 bits per heavy atom. The van der Waals surface area contributed by atoms with Gasteiger partial charge < -0.3 is 25.2 Å². The molecular weight excluding hydrogens is 498 g/mol. The second-order valence-electron chi connectivity index (χ2n) is 9.19. The van der Waals surface area contributed by atoms with Crippen LogP contribution in [0.5, 0.6) is 0 Å². The van der Waals surface area contributed by atoms with Gasteiger partial charge in [0.05, 0.1) is 23.3 Å². The van der Waals surface area contributed by atoms with Crippen molar-refractivity contribution in [1.29, 1.82) is 0 Å². The predicted molar refractivity (Wildman–Crippen MR) is 149 cm³/mol. The van der Waals surface area contributed by atoms with E-state index in [1.165, 1.54) is 0 Å². The number of anilines is 1. The summed E-state index contributed by atoms with van der Waals surface area (Å²) in [6.07, 6.45) is 1.74. The summed E-state index contributed by atoms with van der Waals surface area (Å²) in [5.74, 6) is -1.17. The van der Waals surface area contributed by atoms with Crippen LogP contribution in [0.25, 0.3) is 5.69 Å². The normalized spacial score (nSPS) is 16.8. The summed E-state index contributed by atoms with van der Waals surface area (Å²) in [5.41, 5.74) is 5.32. The maximum Gasteiger partial charge on any atom is 0.335 e. The van der Waals surface area contributed by atoms with Gasteiger partial charge in [0.25, 0.3) is 0 Å². The lowest BCUT2D eigenvalue weighted by Gasteiger charge is -2.27. The van der Waals surface area contributed by atoms with Crippen molar-refractivity contribution in [2.24, 2.45) is 0 Å². The average molecular weight is 526 g/mol. The number of nitrogens with zero attached hydrogens (tertiary/aromatic N) is 3. The summed E-state index contributed by atoms with van der Waals surface area (Å²) in [5, 5.41) is 16.3. The lowest BCUT2D eigenvalue weighted by Crippen LogP contribution is -2.37. The Labute approximate surface area is 225 Å². The first-order valence-electron chi connectivity index (χ1n) is 12.2. The predicted octanol–water partition coefficient (Wildman–Crippen LogP) is 4.80. The number of carboxylic acids is 1. The van der Waals surface area contributed by atoms with E-state index in [0.29, 0.717) is 10.8 Å². The van der Waals surface area contributed by atoms with Gasteiger partial charge in [-0.2, -0.15) is 0 Å². The topological polar surface area (TPSA) is 99.5 Å². The third kappa shape index (κ3) is 4.88. The number of aryl methyl sites for hydroxylation is 1. The van der Waals surface area contributed by atoms with Gasteiger partial charge in [-0.05, 0) is 80.2 Å². The van der Waals surface area contributed by atoms with Crippen molar-refractivity contribution in [2.75, 3.05) is 11.9 Å². The molecule has 5 rings (SSSR count). The molecule has 3 N–H and O–H groups in total. The first kappa shape index (κ1) is 25.2. The van der Waals surface area contributed by atoms with Crippen molar-refractivity contribution in [2.45, 2.75) is 25.9 Å². The van der Waals surface area contributed by atoms with E-state index in [2.05, 4.69) is 21.7 Å². The number of thiocarbonyl (C=S) groups is 1. The monoisotopic (exact) mass is 525 g/mol. The van der Waals surface area contributed by atoms with Crippen LogP contribution in [0.2, 0.25) is 0 Å². The molecule has 2 aromatic heterocycles. The largest absolute Gasteiger partial charge is 0.478 e. The van der Waals surface area contributed by atoms with E-state index in [0.717, 1.165) is 28.3 Å². The van der Waals surface area contributed by atoms with Crippen molar-refractivity contribution in [3.05, 3.63) is 113 Å². The molecule has 9 heteroatoms. The van der Waals surface area contributed by atoms with Crippen LogP contribution in [0, 0.1) is 13.8 Å². The van der Waals surface area contributed by atoms with E-state index in [9.17, 15) is 14.7 Å². The first-order valence-corrected chi connectivity index (χ1v) is 12.6. The summed E-state index contributed by atoms with van der Waals surface area (Å²) < 4.78 is 2.03. The SMILES string of the molecule is Cc1cc([C@H]2[C@@H](c3ccccn3)NC(=S)N2CC(=O)Nc2ccccc2)c(C)n1-c1cccc(C(=O)O)c1. The number of amides is 1. The molecule has 1 fully saturated rings. The van der Waals surface area contributed by atoms with Crippen LogP contribution in [0.4, 0.5) is 5.69 Å². The maximum absolute atomic E-state index is 13.1. The second kappa shape index (κ2) is 10.5. The number of para-hydroxylation sites is 1. The Morgan fingerprint density at radius 1 is 1.03 bits per heavy atom. The van der Waals surface area contributed by atoms with E-state index in [-0.39, 0.29) is 30.1 Å². The van der Waals surface area contributed by atoms with Crippen LogP contribution in [0.1, 0.15) is 45.1 Å².